The molecule has 1 saturated carbocycles. The zero-order valence-corrected chi connectivity index (χ0v) is 12.8. The van der Waals surface area contributed by atoms with E-state index in [4.69, 9.17) is 17.3 Å². The predicted molar refractivity (Wildman–Crippen MR) is 83.6 cm³/mol. The lowest BCUT2D eigenvalue weighted by atomic mass is 10.2. The second-order valence-electron chi connectivity index (χ2n) is 5.09. The largest absolute Gasteiger partial charge is 0.393 e. The fourth-order valence-electron chi connectivity index (χ4n) is 2.31. The van der Waals surface area contributed by atoms with Gasteiger partial charge in [0.2, 0.25) is 0 Å². The Morgan fingerprint density at radius 2 is 2.00 bits per heavy atom. The number of aromatic nitrogens is 2. The fraction of sp³-hybridized carbons (Fsp3) is 0.667. The Bertz CT molecular complexity index is 503. The van der Waals surface area contributed by atoms with Crippen molar-refractivity contribution in [1.82, 2.24) is 9.97 Å². The summed E-state index contributed by atoms with van der Waals surface area (Å²) in [7, 11) is 0. The predicted octanol–water partition coefficient (Wildman–Crippen LogP) is -0.293. The number of thioether (sulfide) groups is 1. The first kappa shape index (κ1) is 16.1. The molecule has 0 aliphatic heterocycles. The molecule has 3 atom stereocenters. The molecule has 0 spiro atoms. The van der Waals surface area contributed by atoms with Gasteiger partial charge in [0.15, 0.2) is 16.8 Å². The lowest BCUT2D eigenvalue weighted by molar-refractivity contribution is 0.0348. The minimum atomic E-state index is -0.933. The van der Waals surface area contributed by atoms with Crippen LogP contribution in [0.5, 0.6) is 0 Å². The normalized spacial score (nSPS) is 25.2. The maximum atomic E-state index is 9.97. The molecule has 1 aliphatic carbocycles. The Kier molecular flexibility index (Phi) is 5.09. The molecule has 1 aromatic heterocycles. The van der Waals surface area contributed by atoms with Gasteiger partial charge >= 0.3 is 0 Å². The van der Waals surface area contributed by atoms with Gasteiger partial charge in [-0.15, -0.1) is 0 Å². The van der Waals surface area contributed by atoms with E-state index in [0.717, 1.165) is 12.2 Å². The summed E-state index contributed by atoms with van der Waals surface area (Å²) in [5.41, 5.74) is 11.9. The minimum Gasteiger partial charge on any atom is -0.393 e. The first-order valence-corrected chi connectivity index (χ1v) is 7.90. The molecule has 0 aromatic carbocycles. The van der Waals surface area contributed by atoms with E-state index in [1.54, 1.807) is 0 Å². The number of hydrazine groups is 1. The third-order valence-electron chi connectivity index (χ3n) is 3.52. The average Bonchev–Trinajstić information content (AvgIpc) is 2.79. The van der Waals surface area contributed by atoms with Crippen LogP contribution in [-0.2, 0) is 0 Å². The van der Waals surface area contributed by atoms with Crippen molar-refractivity contribution in [1.29, 1.82) is 0 Å². The van der Waals surface area contributed by atoms with E-state index in [1.807, 2.05) is 0 Å². The summed E-state index contributed by atoms with van der Waals surface area (Å²) in [6.07, 6.45) is 0.303. The highest BCUT2D eigenvalue weighted by atomic mass is 32.2. The molecule has 9 heteroatoms. The first-order valence-electron chi connectivity index (χ1n) is 6.91. The van der Waals surface area contributed by atoms with Gasteiger partial charge in [-0.1, -0.05) is 18.7 Å². The number of nitrogens with two attached hydrogens (primary N) is 3. The number of rotatable bonds is 5. The summed E-state index contributed by atoms with van der Waals surface area (Å²) in [6.45, 7) is 2.06. The highest BCUT2D eigenvalue weighted by Crippen LogP contribution is 2.32. The van der Waals surface area contributed by atoms with E-state index in [0.29, 0.717) is 23.8 Å². The number of aliphatic hydroxyl groups excluding tert-OH is 2. The lowest BCUT2D eigenvalue weighted by Crippen LogP contribution is -2.48. The van der Waals surface area contributed by atoms with Gasteiger partial charge in [-0.05, 0) is 19.3 Å². The van der Waals surface area contributed by atoms with Crippen LogP contribution in [0.25, 0.3) is 0 Å². The van der Waals surface area contributed by atoms with Crippen LogP contribution in [0.4, 0.5) is 17.3 Å². The van der Waals surface area contributed by atoms with Gasteiger partial charge in [0.1, 0.15) is 11.8 Å². The van der Waals surface area contributed by atoms with Gasteiger partial charge in [0.05, 0.1) is 12.1 Å². The zero-order valence-electron chi connectivity index (χ0n) is 11.9. The summed E-state index contributed by atoms with van der Waals surface area (Å²) < 4.78 is 0. The van der Waals surface area contributed by atoms with Crippen LogP contribution < -0.4 is 22.3 Å². The Balaban J connectivity index is 2.27. The van der Waals surface area contributed by atoms with Crippen molar-refractivity contribution in [2.24, 2.45) is 5.84 Å². The van der Waals surface area contributed by atoms with Crippen molar-refractivity contribution < 1.29 is 10.2 Å². The van der Waals surface area contributed by atoms with E-state index in [-0.39, 0.29) is 11.5 Å². The summed E-state index contributed by atoms with van der Waals surface area (Å²) in [4.78, 5) is 8.45. The molecule has 8 N–H and O–H groups in total. The van der Waals surface area contributed by atoms with Crippen molar-refractivity contribution in [2.75, 3.05) is 22.2 Å². The molecule has 21 heavy (non-hydrogen) atoms. The SMILES string of the molecule is CCCSc1nc(N)c(N)c(N(N)[C@H]2CCC(O)C2O)n1. The Labute approximate surface area is 127 Å². The van der Waals surface area contributed by atoms with Gasteiger partial charge in [0, 0.05) is 5.75 Å². The first-order chi connectivity index (χ1) is 9.95. The van der Waals surface area contributed by atoms with E-state index >= 15 is 0 Å². The molecular weight excluding hydrogens is 292 g/mol. The molecule has 2 rings (SSSR count). The standard InChI is InChI=1S/C12H22N6O2S/c1-2-5-21-12-16-10(14)8(13)11(17-12)18(15)6-3-4-7(19)9(6)20/h6-7,9,19-20H,2-5,13,15H2,1H3,(H2,14,16,17)/t6-,7?,9?/m0/s1. The van der Waals surface area contributed by atoms with Crippen molar-refractivity contribution in [3.8, 4) is 0 Å². The second kappa shape index (κ2) is 6.65. The number of anilines is 3. The van der Waals surface area contributed by atoms with Crippen LogP contribution in [0.15, 0.2) is 5.16 Å². The van der Waals surface area contributed by atoms with Gasteiger partial charge in [0.25, 0.3) is 0 Å². The number of hydrogen-bond acceptors (Lipinski definition) is 9. The maximum absolute atomic E-state index is 9.97. The zero-order chi connectivity index (χ0) is 15.6. The smallest absolute Gasteiger partial charge is 0.191 e. The third-order valence-corrected chi connectivity index (χ3v) is 4.57. The van der Waals surface area contributed by atoms with Crippen molar-refractivity contribution >= 4 is 29.1 Å². The van der Waals surface area contributed by atoms with Crippen LogP contribution in [0.3, 0.4) is 0 Å². The second-order valence-corrected chi connectivity index (χ2v) is 6.15. The van der Waals surface area contributed by atoms with Crippen molar-refractivity contribution in [3.63, 3.8) is 0 Å². The summed E-state index contributed by atoms with van der Waals surface area (Å²) >= 11 is 1.47. The van der Waals surface area contributed by atoms with E-state index in [1.165, 1.54) is 16.8 Å². The van der Waals surface area contributed by atoms with Crippen molar-refractivity contribution in [3.05, 3.63) is 0 Å². The highest BCUT2D eigenvalue weighted by Gasteiger charge is 2.38. The quantitative estimate of drug-likeness (QED) is 0.214. The lowest BCUT2D eigenvalue weighted by Gasteiger charge is -2.29. The molecule has 118 valence electrons. The molecule has 0 saturated heterocycles. The monoisotopic (exact) mass is 314 g/mol. The van der Waals surface area contributed by atoms with E-state index in [9.17, 15) is 10.2 Å². The van der Waals surface area contributed by atoms with Crippen LogP contribution in [0, 0.1) is 0 Å². The molecule has 0 radical (unpaired) electrons. The molecule has 1 aromatic rings. The highest BCUT2D eigenvalue weighted by molar-refractivity contribution is 7.99. The summed E-state index contributed by atoms with van der Waals surface area (Å²) in [6, 6.07) is -0.444. The fourth-order valence-corrected chi connectivity index (χ4v) is 3.01. The number of nitrogen functional groups attached to an aromatic ring is 2. The number of nitrogens with zero attached hydrogens (tertiary/aromatic N) is 3. The molecular formula is C12H22N6O2S. The van der Waals surface area contributed by atoms with Gasteiger partial charge in [-0.3, -0.25) is 5.01 Å². The summed E-state index contributed by atoms with van der Waals surface area (Å²) in [5.74, 6) is 7.37. The Hall–Kier alpha value is -1.29. The summed E-state index contributed by atoms with van der Waals surface area (Å²) in [5, 5.41) is 21.4. The van der Waals surface area contributed by atoms with E-state index < -0.39 is 18.2 Å². The topological polar surface area (TPSA) is 148 Å². The Morgan fingerprint density at radius 1 is 1.29 bits per heavy atom. The van der Waals surface area contributed by atoms with Crippen LogP contribution >= 0.6 is 11.8 Å². The molecule has 0 amide bonds. The molecule has 1 heterocycles. The molecule has 0 bridgehead atoms. The van der Waals surface area contributed by atoms with Gasteiger partial charge in [-0.25, -0.2) is 15.8 Å². The molecule has 1 aliphatic rings. The van der Waals surface area contributed by atoms with Crippen LogP contribution in [-0.4, -0.2) is 44.2 Å². The van der Waals surface area contributed by atoms with Gasteiger partial charge < -0.3 is 21.7 Å². The molecule has 1 fully saturated rings. The molecule has 8 nitrogen and oxygen atoms in total. The Morgan fingerprint density at radius 3 is 2.57 bits per heavy atom. The average molecular weight is 314 g/mol. The third kappa shape index (κ3) is 3.31. The van der Waals surface area contributed by atoms with Crippen molar-refractivity contribution in [2.45, 2.75) is 49.6 Å². The maximum Gasteiger partial charge on any atom is 0.191 e. The minimum absolute atomic E-state index is 0.169. The van der Waals surface area contributed by atoms with Gasteiger partial charge in [-0.2, -0.15) is 0 Å². The molecule has 2 unspecified atom stereocenters. The number of hydrogen-bond donors (Lipinski definition) is 5. The van der Waals surface area contributed by atoms with E-state index in [2.05, 4.69) is 16.9 Å². The van der Waals surface area contributed by atoms with Crippen LogP contribution in [0.2, 0.25) is 0 Å². The van der Waals surface area contributed by atoms with Crippen LogP contribution in [0.1, 0.15) is 26.2 Å². The number of aliphatic hydroxyl groups is 2.